The van der Waals surface area contributed by atoms with Gasteiger partial charge in [-0.15, -0.1) is 10.2 Å². The maximum absolute atomic E-state index is 8.54. The van der Waals surface area contributed by atoms with Crippen LogP contribution in [0.2, 0.25) is 0 Å². The number of rotatable bonds is 4. The Labute approximate surface area is 137 Å². The standard InChI is InChI=1S/C7H9N5O.C6H8N4O/c1-2-13-7-4-5(8)9-3-10-6(4)11-12-7;1-2-11-6-4(3-7)5(8)9-10-6/h3H,2H2,1H3,(H3,8,9,10,11,12);2H2,1H3,(H3,8,9,10). The first-order valence-electron chi connectivity index (χ1n) is 7.06. The third kappa shape index (κ3) is 3.43. The van der Waals surface area contributed by atoms with E-state index >= 15 is 0 Å². The van der Waals surface area contributed by atoms with Crippen LogP contribution in [0.15, 0.2) is 6.33 Å². The van der Waals surface area contributed by atoms with E-state index in [-0.39, 0.29) is 17.3 Å². The topological polar surface area (TPSA) is 177 Å². The van der Waals surface area contributed by atoms with Crippen LogP contribution in [0.3, 0.4) is 0 Å². The molecule has 0 aliphatic rings. The molecule has 0 aromatic carbocycles. The summed E-state index contributed by atoms with van der Waals surface area (Å²) in [5.74, 6) is 1.35. The van der Waals surface area contributed by atoms with Gasteiger partial charge in [0.2, 0.25) is 5.88 Å². The molecule has 3 rings (SSSR count). The molecule has 0 spiro atoms. The molecule has 24 heavy (non-hydrogen) atoms. The zero-order valence-electron chi connectivity index (χ0n) is 13.2. The lowest BCUT2D eigenvalue weighted by molar-refractivity contribution is 0.325. The number of aromatic amines is 2. The fourth-order valence-corrected chi connectivity index (χ4v) is 1.78. The molecule has 0 bridgehead atoms. The van der Waals surface area contributed by atoms with Gasteiger partial charge in [-0.05, 0) is 13.8 Å². The SMILES string of the molecule is CCOc1n[nH]c(N)c1C#N.CCOc1n[nH]c2ncnc(N)c12. The third-order valence-electron chi connectivity index (χ3n) is 2.79. The van der Waals surface area contributed by atoms with Crippen molar-refractivity contribution in [3.8, 4) is 17.8 Å². The molecule has 3 heterocycles. The van der Waals surface area contributed by atoms with Crippen molar-refractivity contribution in [3.05, 3.63) is 11.9 Å². The van der Waals surface area contributed by atoms with Crippen LogP contribution in [0.1, 0.15) is 19.4 Å². The van der Waals surface area contributed by atoms with Gasteiger partial charge in [0.15, 0.2) is 11.2 Å². The summed E-state index contributed by atoms with van der Waals surface area (Å²) in [4.78, 5) is 7.80. The predicted molar refractivity (Wildman–Crippen MR) is 86.1 cm³/mol. The Morgan fingerprint density at radius 1 is 1.08 bits per heavy atom. The number of anilines is 2. The number of fused-ring (bicyclic) bond motifs is 1. The number of hydrogen-bond acceptors (Lipinski definition) is 9. The van der Waals surface area contributed by atoms with Crippen molar-refractivity contribution in [1.29, 1.82) is 5.26 Å². The summed E-state index contributed by atoms with van der Waals surface area (Å²) < 4.78 is 10.2. The number of nitrogens with two attached hydrogens (primary N) is 2. The molecule has 3 aromatic heterocycles. The third-order valence-corrected chi connectivity index (χ3v) is 2.79. The van der Waals surface area contributed by atoms with Gasteiger partial charge in [-0.3, -0.25) is 10.2 Å². The Balaban J connectivity index is 0.000000177. The molecule has 126 valence electrons. The number of hydrogen-bond donors (Lipinski definition) is 4. The number of nitrogens with zero attached hydrogens (tertiary/aromatic N) is 5. The van der Waals surface area contributed by atoms with Gasteiger partial charge in [-0.1, -0.05) is 0 Å². The second kappa shape index (κ2) is 7.63. The van der Waals surface area contributed by atoms with Crippen LogP contribution < -0.4 is 20.9 Å². The van der Waals surface area contributed by atoms with Crippen molar-refractivity contribution in [2.45, 2.75) is 13.8 Å². The molecule has 6 N–H and O–H groups in total. The minimum absolute atomic E-state index is 0.246. The molecule has 3 aromatic rings. The van der Waals surface area contributed by atoms with E-state index < -0.39 is 0 Å². The highest BCUT2D eigenvalue weighted by molar-refractivity contribution is 5.89. The van der Waals surface area contributed by atoms with E-state index in [0.29, 0.717) is 35.9 Å². The van der Waals surface area contributed by atoms with E-state index in [4.69, 9.17) is 26.2 Å². The molecule has 0 fully saturated rings. The molecule has 0 atom stereocenters. The normalized spacial score (nSPS) is 9.88. The van der Waals surface area contributed by atoms with Crippen molar-refractivity contribution in [2.75, 3.05) is 24.7 Å². The van der Waals surface area contributed by atoms with E-state index in [1.54, 1.807) is 0 Å². The summed E-state index contributed by atoms with van der Waals surface area (Å²) in [6, 6.07) is 1.88. The fourth-order valence-electron chi connectivity index (χ4n) is 1.78. The summed E-state index contributed by atoms with van der Waals surface area (Å²) >= 11 is 0. The first-order valence-corrected chi connectivity index (χ1v) is 7.06. The van der Waals surface area contributed by atoms with Crippen LogP contribution in [0.4, 0.5) is 11.6 Å². The Kier molecular flexibility index (Phi) is 5.35. The Morgan fingerprint density at radius 2 is 1.75 bits per heavy atom. The van der Waals surface area contributed by atoms with Crippen LogP contribution in [-0.4, -0.2) is 43.6 Å². The second-order valence-electron chi connectivity index (χ2n) is 4.31. The number of nitriles is 1. The molecule has 0 aliphatic carbocycles. The summed E-state index contributed by atoms with van der Waals surface area (Å²) in [5, 5.41) is 21.9. The van der Waals surface area contributed by atoms with E-state index in [0.717, 1.165) is 0 Å². The zero-order chi connectivity index (χ0) is 17.5. The largest absolute Gasteiger partial charge is 0.476 e. The average Bonchev–Trinajstić information content (AvgIpc) is 3.14. The molecule has 0 amide bonds. The minimum atomic E-state index is 0.246. The smallest absolute Gasteiger partial charge is 0.252 e. The van der Waals surface area contributed by atoms with E-state index in [1.807, 2.05) is 19.9 Å². The number of H-pyrrole nitrogens is 2. The lowest BCUT2D eigenvalue weighted by Crippen LogP contribution is -1.95. The van der Waals surface area contributed by atoms with Crippen LogP contribution in [0, 0.1) is 11.3 Å². The molecular weight excluding hydrogens is 314 g/mol. The highest BCUT2D eigenvalue weighted by atomic mass is 16.5. The minimum Gasteiger partial charge on any atom is -0.476 e. The monoisotopic (exact) mass is 331 g/mol. The summed E-state index contributed by atoms with van der Waals surface area (Å²) in [7, 11) is 0. The molecule has 11 nitrogen and oxygen atoms in total. The first kappa shape index (κ1) is 16.8. The van der Waals surface area contributed by atoms with Crippen molar-refractivity contribution >= 4 is 22.7 Å². The fraction of sp³-hybridized carbons (Fsp3) is 0.308. The lowest BCUT2D eigenvalue weighted by atomic mass is 10.3. The Morgan fingerprint density at radius 3 is 2.42 bits per heavy atom. The number of nitrogen functional groups attached to an aromatic ring is 2. The summed E-state index contributed by atoms with van der Waals surface area (Å²) in [5.41, 5.74) is 11.9. The molecule has 0 unspecified atom stereocenters. The van der Waals surface area contributed by atoms with Crippen LogP contribution in [0.25, 0.3) is 11.0 Å². The molecule has 0 saturated heterocycles. The summed E-state index contributed by atoms with van der Waals surface area (Å²) in [6.45, 7) is 4.69. The molecule has 11 heteroatoms. The van der Waals surface area contributed by atoms with Gasteiger partial charge in [0.1, 0.15) is 29.4 Å². The molecule has 0 radical (unpaired) electrons. The molecule has 0 saturated carbocycles. The highest BCUT2D eigenvalue weighted by Gasteiger charge is 2.11. The number of aromatic nitrogens is 6. The summed E-state index contributed by atoms with van der Waals surface area (Å²) in [6.07, 6.45) is 1.38. The highest BCUT2D eigenvalue weighted by Crippen LogP contribution is 2.24. The average molecular weight is 331 g/mol. The van der Waals surface area contributed by atoms with Crippen LogP contribution in [0.5, 0.6) is 11.8 Å². The van der Waals surface area contributed by atoms with E-state index in [1.165, 1.54) is 6.33 Å². The van der Waals surface area contributed by atoms with Crippen molar-refractivity contribution < 1.29 is 9.47 Å². The van der Waals surface area contributed by atoms with E-state index in [9.17, 15) is 0 Å². The second-order valence-corrected chi connectivity index (χ2v) is 4.31. The Bertz CT molecular complexity index is 849. The lowest BCUT2D eigenvalue weighted by Gasteiger charge is -1.98. The van der Waals surface area contributed by atoms with Gasteiger partial charge in [-0.25, -0.2) is 9.97 Å². The van der Waals surface area contributed by atoms with Gasteiger partial charge in [0.05, 0.1) is 13.2 Å². The number of nitrogens with one attached hydrogen (secondary N) is 2. The van der Waals surface area contributed by atoms with Crippen molar-refractivity contribution in [1.82, 2.24) is 30.4 Å². The van der Waals surface area contributed by atoms with Crippen molar-refractivity contribution in [2.24, 2.45) is 0 Å². The van der Waals surface area contributed by atoms with Gasteiger partial charge >= 0.3 is 0 Å². The van der Waals surface area contributed by atoms with E-state index in [2.05, 4.69) is 30.4 Å². The first-order chi connectivity index (χ1) is 11.6. The maximum Gasteiger partial charge on any atom is 0.252 e. The molecular formula is C13H17N9O2. The maximum atomic E-state index is 8.54. The van der Waals surface area contributed by atoms with Crippen molar-refractivity contribution in [3.63, 3.8) is 0 Å². The number of ether oxygens (including phenoxy) is 2. The van der Waals surface area contributed by atoms with Gasteiger partial charge in [-0.2, -0.15) is 5.26 Å². The molecule has 0 aliphatic heterocycles. The Hall–Kier alpha value is -3.55. The van der Waals surface area contributed by atoms with Crippen LogP contribution >= 0.6 is 0 Å². The predicted octanol–water partition coefficient (Wildman–Crippen LogP) is 0.596. The van der Waals surface area contributed by atoms with Gasteiger partial charge in [0.25, 0.3) is 5.88 Å². The zero-order valence-corrected chi connectivity index (χ0v) is 13.2. The van der Waals surface area contributed by atoms with Crippen LogP contribution in [-0.2, 0) is 0 Å². The quantitative estimate of drug-likeness (QED) is 0.532. The van der Waals surface area contributed by atoms with Gasteiger partial charge in [0, 0.05) is 0 Å². The van der Waals surface area contributed by atoms with Gasteiger partial charge < -0.3 is 20.9 Å².